The van der Waals surface area contributed by atoms with Gasteiger partial charge in [0.15, 0.2) is 0 Å². The molecule has 0 atom stereocenters. The lowest BCUT2D eigenvalue weighted by molar-refractivity contribution is -0.120. The molecule has 156 valence electrons. The van der Waals surface area contributed by atoms with Gasteiger partial charge in [-0.25, -0.2) is 5.43 Å². The van der Waals surface area contributed by atoms with E-state index < -0.39 is 0 Å². The van der Waals surface area contributed by atoms with Gasteiger partial charge in [-0.1, -0.05) is 30.3 Å². The molecule has 0 fully saturated rings. The van der Waals surface area contributed by atoms with Crippen LogP contribution in [-0.2, 0) is 17.8 Å². The van der Waals surface area contributed by atoms with Gasteiger partial charge in [-0.2, -0.15) is 10.4 Å². The van der Waals surface area contributed by atoms with Crippen molar-refractivity contribution in [2.75, 3.05) is 7.11 Å². The Labute approximate surface area is 189 Å². The molecule has 0 radical (unpaired) electrons. The fraction of sp³-hybridized carbons (Fsp3) is 0.125. The number of carbonyl (C=O) groups is 1. The Bertz CT molecular complexity index is 1120. The molecule has 0 bridgehead atoms. The highest BCUT2D eigenvalue weighted by Gasteiger charge is 2.06. The van der Waals surface area contributed by atoms with Crippen LogP contribution in [0.15, 0.2) is 76.3 Å². The van der Waals surface area contributed by atoms with Gasteiger partial charge in [0.2, 0.25) is 5.91 Å². The molecule has 3 rings (SSSR count). The van der Waals surface area contributed by atoms with E-state index in [2.05, 4.69) is 32.5 Å². The highest BCUT2D eigenvalue weighted by molar-refractivity contribution is 9.10. The summed E-state index contributed by atoms with van der Waals surface area (Å²) < 4.78 is 11.7. The minimum atomic E-state index is -0.211. The fourth-order valence-electron chi connectivity index (χ4n) is 2.77. The first kappa shape index (κ1) is 22.1. The SMILES string of the molecule is COc1ccc(CC(=O)N/N=C\c2ccc(OCc3ccccc3C#N)c(Br)c2)cc1. The van der Waals surface area contributed by atoms with Crippen LogP contribution in [0.2, 0.25) is 0 Å². The first-order valence-electron chi connectivity index (χ1n) is 9.44. The number of nitrogens with one attached hydrogen (secondary N) is 1. The highest BCUT2D eigenvalue weighted by Crippen LogP contribution is 2.26. The number of carbonyl (C=O) groups excluding carboxylic acids is 1. The Morgan fingerprint density at radius 3 is 2.65 bits per heavy atom. The largest absolute Gasteiger partial charge is 0.497 e. The van der Waals surface area contributed by atoms with E-state index in [1.807, 2.05) is 54.6 Å². The first-order chi connectivity index (χ1) is 15.1. The Kier molecular flexibility index (Phi) is 7.79. The minimum absolute atomic E-state index is 0.211. The van der Waals surface area contributed by atoms with Crippen molar-refractivity contribution >= 4 is 28.1 Å². The average molecular weight is 478 g/mol. The second kappa shape index (κ2) is 11.0. The van der Waals surface area contributed by atoms with Gasteiger partial charge in [0.05, 0.1) is 35.9 Å². The summed E-state index contributed by atoms with van der Waals surface area (Å²) in [5, 5.41) is 13.2. The number of halogens is 1. The molecule has 31 heavy (non-hydrogen) atoms. The Hall–Kier alpha value is -3.63. The number of methoxy groups -OCH3 is 1. The topological polar surface area (TPSA) is 83.7 Å². The number of amides is 1. The average Bonchev–Trinajstić information content (AvgIpc) is 2.79. The van der Waals surface area contributed by atoms with Crippen LogP contribution in [0.1, 0.15) is 22.3 Å². The number of rotatable bonds is 8. The van der Waals surface area contributed by atoms with Crippen LogP contribution in [0, 0.1) is 11.3 Å². The number of hydrazone groups is 1. The predicted molar refractivity (Wildman–Crippen MR) is 122 cm³/mol. The zero-order chi connectivity index (χ0) is 22.1. The molecular formula is C24H20BrN3O3. The molecule has 0 spiro atoms. The molecule has 3 aromatic rings. The highest BCUT2D eigenvalue weighted by atomic mass is 79.9. The molecule has 1 amide bonds. The van der Waals surface area contributed by atoms with Gasteiger partial charge in [-0.05, 0) is 63.5 Å². The minimum Gasteiger partial charge on any atom is -0.497 e. The number of nitrogens with zero attached hydrogens (tertiary/aromatic N) is 2. The second-order valence-corrected chi connectivity index (χ2v) is 7.42. The number of hydrogen-bond donors (Lipinski definition) is 1. The van der Waals surface area contributed by atoms with Gasteiger partial charge in [0.1, 0.15) is 18.1 Å². The molecule has 0 saturated carbocycles. The molecule has 0 saturated heterocycles. The van der Waals surface area contributed by atoms with Crippen molar-refractivity contribution in [3.05, 3.63) is 93.5 Å². The maximum absolute atomic E-state index is 12.0. The summed E-state index contributed by atoms with van der Waals surface area (Å²) in [6, 6.07) is 22.3. The smallest absolute Gasteiger partial charge is 0.244 e. The lowest BCUT2D eigenvalue weighted by Gasteiger charge is -2.10. The van der Waals surface area contributed by atoms with E-state index in [9.17, 15) is 4.79 Å². The maximum atomic E-state index is 12.0. The van der Waals surface area contributed by atoms with Gasteiger partial charge in [-0.15, -0.1) is 0 Å². The lowest BCUT2D eigenvalue weighted by atomic mass is 10.1. The summed E-state index contributed by atoms with van der Waals surface area (Å²) in [7, 11) is 1.60. The molecule has 6 nitrogen and oxygen atoms in total. The molecule has 0 aliphatic rings. The van der Waals surface area contributed by atoms with Gasteiger partial charge in [0, 0.05) is 5.56 Å². The van der Waals surface area contributed by atoms with Crippen LogP contribution < -0.4 is 14.9 Å². The Morgan fingerprint density at radius 1 is 1.16 bits per heavy atom. The van der Waals surface area contributed by atoms with Crippen molar-refractivity contribution < 1.29 is 14.3 Å². The van der Waals surface area contributed by atoms with Crippen molar-refractivity contribution in [3.63, 3.8) is 0 Å². The fourth-order valence-corrected chi connectivity index (χ4v) is 3.28. The number of nitriles is 1. The van der Waals surface area contributed by atoms with Crippen molar-refractivity contribution in [3.8, 4) is 17.6 Å². The molecule has 0 heterocycles. The van der Waals surface area contributed by atoms with Gasteiger partial charge in [-0.3, -0.25) is 4.79 Å². The van der Waals surface area contributed by atoms with Crippen LogP contribution in [0.4, 0.5) is 0 Å². The zero-order valence-corrected chi connectivity index (χ0v) is 18.4. The molecule has 1 N–H and O–H groups in total. The van der Waals surface area contributed by atoms with E-state index in [1.165, 1.54) is 0 Å². The number of benzene rings is 3. The Morgan fingerprint density at radius 2 is 1.94 bits per heavy atom. The normalized spacial score (nSPS) is 10.5. The molecule has 7 heteroatoms. The van der Waals surface area contributed by atoms with Gasteiger partial charge < -0.3 is 9.47 Å². The summed E-state index contributed by atoms with van der Waals surface area (Å²) in [4.78, 5) is 12.0. The third-order valence-corrected chi connectivity index (χ3v) is 5.02. The number of ether oxygens (including phenoxy) is 2. The van der Waals surface area contributed by atoms with Crippen LogP contribution in [0.25, 0.3) is 0 Å². The van der Waals surface area contributed by atoms with Crippen LogP contribution in [0.3, 0.4) is 0 Å². The van der Waals surface area contributed by atoms with Crippen LogP contribution in [-0.4, -0.2) is 19.2 Å². The monoisotopic (exact) mass is 477 g/mol. The summed E-state index contributed by atoms with van der Waals surface area (Å²) in [6.07, 6.45) is 1.79. The molecular weight excluding hydrogens is 458 g/mol. The first-order valence-corrected chi connectivity index (χ1v) is 10.2. The summed E-state index contributed by atoms with van der Waals surface area (Å²) in [6.45, 7) is 0.289. The van der Waals surface area contributed by atoms with E-state index in [-0.39, 0.29) is 18.9 Å². The lowest BCUT2D eigenvalue weighted by Crippen LogP contribution is -2.19. The third kappa shape index (κ3) is 6.43. The molecule has 0 unspecified atom stereocenters. The van der Waals surface area contributed by atoms with E-state index in [1.54, 1.807) is 25.5 Å². The third-order valence-electron chi connectivity index (χ3n) is 4.40. The Balaban J connectivity index is 1.53. The molecule has 0 aliphatic carbocycles. The quantitative estimate of drug-likeness (QED) is 0.379. The van der Waals surface area contributed by atoms with Crippen molar-refractivity contribution in [2.45, 2.75) is 13.0 Å². The van der Waals surface area contributed by atoms with E-state index in [0.717, 1.165) is 26.9 Å². The second-order valence-electron chi connectivity index (χ2n) is 6.57. The zero-order valence-electron chi connectivity index (χ0n) is 16.8. The molecule has 3 aromatic carbocycles. The maximum Gasteiger partial charge on any atom is 0.244 e. The van der Waals surface area contributed by atoms with Gasteiger partial charge in [0.25, 0.3) is 0 Å². The van der Waals surface area contributed by atoms with Crippen molar-refractivity contribution in [1.29, 1.82) is 5.26 Å². The summed E-state index contributed by atoms with van der Waals surface area (Å²) in [5.41, 5.74) is 5.60. The predicted octanol–water partition coefficient (Wildman–Crippen LogP) is 4.60. The summed E-state index contributed by atoms with van der Waals surface area (Å²) in [5.74, 6) is 1.18. The van der Waals surface area contributed by atoms with Crippen LogP contribution in [0.5, 0.6) is 11.5 Å². The van der Waals surface area contributed by atoms with Crippen molar-refractivity contribution in [1.82, 2.24) is 5.43 Å². The van der Waals surface area contributed by atoms with E-state index >= 15 is 0 Å². The molecule has 0 aliphatic heterocycles. The van der Waals surface area contributed by atoms with E-state index in [4.69, 9.17) is 14.7 Å². The van der Waals surface area contributed by atoms with Gasteiger partial charge >= 0.3 is 0 Å². The van der Waals surface area contributed by atoms with Crippen molar-refractivity contribution in [2.24, 2.45) is 5.10 Å². The van der Waals surface area contributed by atoms with Crippen LogP contribution >= 0.6 is 15.9 Å². The van der Waals surface area contributed by atoms with E-state index in [0.29, 0.717) is 11.3 Å². The number of hydrogen-bond acceptors (Lipinski definition) is 5. The molecule has 0 aromatic heterocycles. The summed E-state index contributed by atoms with van der Waals surface area (Å²) >= 11 is 3.48. The standard InChI is InChI=1S/C24H20BrN3O3/c1-30-21-9-6-17(7-10-21)13-24(29)28-27-15-18-8-11-23(22(25)12-18)31-16-20-5-3-2-4-19(20)14-26/h2-12,15H,13,16H2,1H3,(H,28,29)/b27-15-.